The Morgan fingerprint density at radius 3 is 2.42 bits per heavy atom. The van der Waals surface area contributed by atoms with Crippen molar-refractivity contribution in [3.05, 3.63) is 57.7 Å². The van der Waals surface area contributed by atoms with Crippen molar-refractivity contribution >= 4 is 15.9 Å². The molecule has 0 aliphatic carbocycles. The SMILES string of the molecule is CCNC(c1ccc(Br)o1)c1cc(F)c(F)cc1F. The molecule has 0 amide bonds. The third-order valence-corrected chi connectivity index (χ3v) is 3.06. The molecular formula is C13H11BrF3NO. The second-order valence-corrected chi connectivity index (χ2v) is 4.70. The molecule has 0 saturated heterocycles. The van der Waals surface area contributed by atoms with Crippen LogP contribution in [0.4, 0.5) is 13.2 Å². The zero-order valence-corrected chi connectivity index (χ0v) is 11.6. The summed E-state index contributed by atoms with van der Waals surface area (Å²) in [7, 11) is 0. The van der Waals surface area contributed by atoms with Crippen molar-refractivity contribution < 1.29 is 17.6 Å². The number of rotatable bonds is 4. The molecule has 6 heteroatoms. The average molecular weight is 334 g/mol. The molecule has 0 aliphatic rings. The minimum absolute atomic E-state index is 0.00241. The quantitative estimate of drug-likeness (QED) is 0.850. The van der Waals surface area contributed by atoms with Gasteiger partial charge in [-0.25, -0.2) is 13.2 Å². The van der Waals surface area contributed by atoms with Gasteiger partial charge in [-0.3, -0.25) is 0 Å². The number of halogens is 4. The summed E-state index contributed by atoms with van der Waals surface area (Å²) in [6, 6.07) is 3.99. The Kier molecular flexibility index (Phi) is 4.31. The summed E-state index contributed by atoms with van der Waals surface area (Å²) >= 11 is 3.15. The second kappa shape index (κ2) is 5.79. The molecule has 2 nitrogen and oxygen atoms in total. The van der Waals surface area contributed by atoms with Gasteiger partial charge in [-0.15, -0.1) is 0 Å². The van der Waals surface area contributed by atoms with Crippen LogP contribution < -0.4 is 5.32 Å². The van der Waals surface area contributed by atoms with Crippen LogP contribution in [0.3, 0.4) is 0 Å². The Labute approximate surface area is 116 Å². The lowest BCUT2D eigenvalue weighted by Gasteiger charge is -2.17. The largest absolute Gasteiger partial charge is 0.452 e. The Morgan fingerprint density at radius 1 is 1.16 bits per heavy atom. The highest BCUT2D eigenvalue weighted by molar-refractivity contribution is 9.10. The molecule has 0 fully saturated rings. The Bertz CT molecular complexity index is 585. The van der Waals surface area contributed by atoms with E-state index < -0.39 is 23.5 Å². The molecule has 0 radical (unpaired) electrons. The van der Waals surface area contributed by atoms with Gasteiger partial charge in [0.2, 0.25) is 0 Å². The standard InChI is InChI=1S/C13H11BrF3NO/c1-2-18-13(11-3-4-12(14)19-11)7-5-9(16)10(17)6-8(7)15/h3-6,13,18H,2H2,1H3. The molecule has 1 atom stereocenters. The fraction of sp³-hybridized carbons (Fsp3) is 0.231. The lowest BCUT2D eigenvalue weighted by atomic mass is 10.0. The maximum absolute atomic E-state index is 13.8. The second-order valence-electron chi connectivity index (χ2n) is 3.92. The van der Waals surface area contributed by atoms with E-state index in [1.165, 1.54) is 0 Å². The van der Waals surface area contributed by atoms with Gasteiger partial charge in [0.15, 0.2) is 16.3 Å². The third kappa shape index (κ3) is 3.01. The van der Waals surface area contributed by atoms with Gasteiger partial charge in [0.05, 0.1) is 6.04 Å². The highest BCUT2D eigenvalue weighted by atomic mass is 79.9. The summed E-state index contributed by atoms with van der Waals surface area (Å²) in [4.78, 5) is 0. The smallest absolute Gasteiger partial charge is 0.169 e. The molecular weight excluding hydrogens is 323 g/mol. The molecule has 2 aromatic rings. The van der Waals surface area contributed by atoms with E-state index >= 15 is 0 Å². The summed E-state index contributed by atoms with van der Waals surface area (Å²) in [5, 5.41) is 2.97. The monoisotopic (exact) mass is 333 g/mol. The molecule has 19 heavy (non-hydrogen) atoms. The molecule has 1 aromatic heterocycles. The summed E-state index contributed by atoms with van der Waals surface area (Å²) in [6.45, 7) is 2.34. The van der Waals surface area contributed by atoms with Gasteiger partial charge in [0.25, 0.3) is 0 Å². The third-order valence-electron chi connectivity index (χ3n) is 2.64. The van der Waals surface area contributed by atoms with Crippen molar-refractivity contribution in [1.82, 2.24) is 5.32 Å². The topological polar surface area (TPSA) is 25.2 Å². The first-order valence-corrected chi connectivity index (χ1v) is 6.45. The minimum Gasteiger partial charge on any atom is -0.452 e. The van der Waals surface area contributed by atoms with Crippen LogP contribution in [0.5, 0.6) is 0 Å². The van der Waals surface area contributed by atoms with Crippen LogP contribution in [0.2, 0.25) is 0 Å². The normalized spacial score (nSPS) is 12.7. The van der Waals surface area contributed by atoms with E-state index in [1.807, 2.05) is 6.92 Å². The first-order valence-electron chi connectivity index (χ1n) is 5.66. The van der Waals surface area contributed by atoms with Crippen LogP contribution in [0, 0.1) is 17.5 Å². The van der Waals surface area contributed by atoms with E-state index in [0.29, 0.717) is 23.0 Å². The first-order chi connectivity index (χ1) is 9.02. The van der Waals surface area contributed by atoms with Gasteiger partial charge in [0, 0.05) is 11.6 Å². The lowest BCUT2D eigenvalue weighted by molar-refractivity contribution is 0.422. The van der Waals surface area contributed by atoms with Gasteiger partial charge in [0.1, 0.15) is 11.6 Å². The molecule has 102 valence electrons. The Hall–Kier alpha value is -1.27. The van der Waals surface area contributed by atoms with Crippen molar-refractivity contribution in [1.29, 1.82) is 0 Å². The van der Waals surface area contributed by atoms with E-state index in [4.69, 9.17) is 4.42 Å². The molecule has 2 rings (SSSR count). The first kappa shape index (κ1) is 14.1. The number of furan rings is 1. The maximum atomic E-state index is 13.8. The Balaban J connectivity index is 2.47. The van der Waals surface area contributed by atoms with Crippen LogP contribution in [0.1, 0.15) is 24.3 Å². The molecule has 0 aliphatic heterocycles. The molecule has 1 heterocycles. The van der Waals surface area contributed by atoms with E-state index in [9.17, 15) is 13.2 Å². The zero-order valence-electron chi connectivity index (χ0n) is 10.0. The molecule has 1 unspecified atom stereocenters. The van der Waals surface area contributed by atoms with E-state index in [-0.39, 0.29) is 5.56 Å². The van der Waals surface area contributed by atoms with Gasteiger partial charge in [-0.1, -0.05) is 6.92 Å². The molecule has 1 N–H and O–H groups in total. The predicted octanol–water partition coefficient (Wildman–Crippen LogP) is 4.16. The van der Waals surface area contributed by atoms with Crippen molar-refractivity contribution in [3.63, 3.8) is 0 Å². The molecule has 0 saturated carbocycles. The lowest BCUT2D eigenvalue weighted by Crippen LogP contribution is -2.23. The number of hydrogen-bond acceptors (Lipinski definition) is 2. The maximum Gasteiger partial charge on any atom is 0.169 e. The van der Waals surface area contributed by atoms with Crippen LogP contribution in [0.15, 0.2) is 33.4 Å². The van der Waals surface area contributed by atoms with Crippen LogP contribution in [0.25, 0.3) is 0 Å². The highest BCUT2D eigenvalue weighted by Crippen LogP contribution is 2.29. The fourth-order valence-electron chi connectivity index (χ4n) is 1.81. The average Bonchev–Trinajstić information content (AvgIpc) is 2.78. The van der Waals surface area contributed by atoms with Gasteiger partial charge < -0.3 is 9.73 Å². The van der Waals surface area contributed by atoms with Crippen molar-refractivity contribution in [3.8, 4) is 0 Å². The molecule has 0 bridgehead atoms. The van der Waals surface area contributed by atoms with E-state index in [0.717, 1.165) is 6.07 Å². The summed E-state index contributed by atoms with van der Waals surface area (Å²) in [5.74, 6) is -2.71. The highest BCUT2D eigenvalue weighted by Gasteiger charge is 2.22. The van der Waals surface area contributed by atoms with Crippen LogP contribution in [-0.2, 0) is 0 Å². The van der Waals surface area contributed by atoms with Gasteiger partial charge in [-0.05, 0) is 40.7 Å². The van der Waals surface area contributed by atoms with E-state index in [2.05, 4.69) is 21.2 Å². The molecule has 0 spiro atoms. The van der Waals surface area contributed by atoms with Gasteiger partial charge >= 0.3 is 0 Å². The summed E-state index contributed by atoms with van der Waals surface area (Å²) in [6.07, 6.45) is 0. The van der Waals surface area contributed by atoms with Gasteiger partial charge in [-0.2, -0.15) is 0 Å². The zero-order chi connectivity index (χ0) is 14.0. The van der Waals surface area contributed by atoms with Crippen molar-refractivity contribution in [2.24, 2.45) is 0 Å². The minimum atomic E-state index is -1.21. The van der Waals surface area contributed by atoms with Crippen LogP contribution >= 0.6 is 15.9 Å². The molecule has 1 aromatic carbocycles. The predicted molar refractivity (Wildman–Crippen MR) is 68.2 cm³/mol. The van der Waals surface area contributed by atoms with Crippen LogP contribution in [-0.4, -0.2) is 6.54 Å². The Morgan fingerprint density at radius 2 is 1.84 bits per heavy atom. The fourth-order valence-corrected chi connectivity index (χ4v) is 2.13. The number of nitrogens with one attached hydrogen (secondary N) is 1. The van der Waals surface area contributed by atoms with E-state index in [1.54, 1.807) is 12.1 Å². The van der Waals surface area contributed by atoms with Crippen molar-refractivity contribution in [2.75, 3.05) is 6.54 Å². The van der Waals surface area contributed by atoms with Crippen molar-refractivity contribution in [2.45, 2.75) is 13.0 Å². The number of benzene rings is 1. The summed E-state index contributed by atoms with van der Waals surface area (Å²) < 4.78 is 45.8. The number of hydrogen-bond donors (Lipinski definition) is 1. The summed E-state index contributed by atoms with van der Waals surface area (Å²) in [5.41, 5.74) is 0.00241.